The predicted molar refractivity (Wildman–Crippen MR) is 321 cm³/mol. The van der Waals surface area contributed by atoms with E-state index in [1.807, 2.05) is 24.3 Å². The molecule has 3 aliphatic carbocycles. The number of nitrogens with two attached hydrogens (primary N) is 1. The van der Waals surface area contributed by atoms with Crippen molar-refractivity contribution in [3.05, 3.63) is 125 Å². The van der Waals surface area contributed by atoms with Crippen LogP contribution in [0.1, 0.15) is 147 Å². The van der Waals surface area contributed by atoms with Gasteiger partial charge >= 0.3 is 6.03 Å². The van der Waals surface area contributed by atoms with Gasteiger partial charge in [0.15, 0.2) is 11.7 Å². The second kappa shape index (κ2) is 26.2. The number of aromatic hydroxyl groups is 2. The Morgan fingerprint density at radius 2 is 1.58 bits per heavy atom. The summed E-state index contributed by atoms with van der Waals surface area (Å²) in [4.78, 5) is 98.1. The third-order valence-electron chi connectivity index (χ3n) is 17.3. The number of piperidine rings is 1. The molecule has 3 heterocycles. The van der Waals surface area contributed by atoms with E-state index in [9.17, 15) is 43.8 Å². The first kappa shape index (κ1) is 59.8. The van der Waals surface area contributed by atoms with Crippen molar-refractivity contribution >= 4 is 75.4 Å². The van der Waals surface area contributed by atoms with Gasteiger partial charge in [-0.3, -0.25) is 33.3 Å². The number of urea groups is 1. The number of primary amides is 1. The Bertz CT molecular complexity index is 3300. The number of allylic oxidation sites excluding steroid dienone is 2. The lowest BCUT2D eigenvalue weighted by atomic mass is 9.78. The molecule has 0 radical (unpaired) electrons. The zero-order chi connectivity index (χ0) is 59.0. The van der Waals surface area contributed by atoms with Crippen molar-refractivity contribution in [2.24, 2.45) is 17.6 Å². The molecule has 4 atom stereocenters. The first-order chi connectivity index (χ1) is 39.9. The third-order valence-corrected chi connectivity index (χ3v) is 19.1. The molecule has 4 unspecified atom stereocenters. The van der Waals surface area contributed by atoms with E-state index >= 15 is 0 Å². The summed E-state index contributed by atoms with van der Waals surface area (Å²) in [7, 11) is 0. The summed E-state index contributed by atoms with van der Waals surface area (Å²) in [5, 5.41) is 39.9. The maximum Gasteiger partial charge on any atom is 0.312 e. The van der Waals surface area contributed by atoms with E-state index in [4.69, 9.17) is 5.73 Å². The Morgan fingerprint density at radius 1 is 0.855 bits per heavy atom. The van der Waals surface area contributed by atoms with Crippen LogP contribution >= 0.6 is 11.8 Å². The van der Waals surface area contributed by atoms with Gasteiger partial charge in [0, 0.05) is 101 Å². The summed E-state index contributed by atoms with van der Waals surface area (Å²) in [6, 6.07) is 19.8. The number of likely N-dealkylation sites (tertiary alicyclic amines) is 1. The number of carbonyl (C=O) groups is 7. The highest BCUT2D eigenvalue weighted by atomic mass is 32.2. The monoisotopic (exact) mass is 1150 g/mol. The zero-order valence-electron chi connectivity index (χ0n) is 47.7. The number of aromatic amines is 1. The Kier molecular flexibility index (Phi) is 18.8. The molecule has 440 valence electrons. The molecular weight excluding hydrogens is 1070 g/mol. The molecule has 2 saturated carbocycles. The van der Waals surface area contributed by atoms with E-state index in [1.165, 1.54) is 49.5 Å². The Morgan fingerprint density at radius 3 is 2.30 bits per heavy atom. The maximum absolute atomic E-state index is 14.0. The largest absolute Gasteiger partial charge is 0.494 e. The maximum atomic E-state index is 14.0. The van der Waals surface area contributed by atoms with Crippen LogP contribution in [0.15, 0.2) is 108 Å². The molecule has 1 saturated heterocycles. The van der Waals surface area contributed by atoms with Crippen LogP contribution in [0.3, 0.4) is 0 Å². The van der Waals surface area contributed by atoms with E-state index in [-0.39, 0.29) is 84.5 Å². The number of benzene rings is 3. The first-order valence-corrected chi connectivity index (χ1v) is 30.1. The van der Waals surface area contributed by atoms with Gasteiger partial charge in [-0.05, 0) is 124 Å². The summed E-state index contributed by atoms with van der Waals surface area (Å²) >= 11 is 1.68. The van der Waals surface area contributed by atoms with Gasteiger partial charge in [0.05, 0.1) is 4.90 Å². The molecule has 20 heteroatoms. The minimum Gasteiger partial charge on any atom is -0.494 e. The van der Waals surface area contributed by atoms with Crippen LogP contribution in [-0.2, 0) is 26.3 Å². The van der Waals surface area contributed by atoms with Crippen molar-refractivity contribution in [3.63, 3.8) is 0 Å². The van der Waals surface area contributed by atoms with Crippen LogP contribution in [0, 0.1) is 11.8 Å². The molecule has 5 aromatic rings. The molecule has 19 nitrogen and oxygen atoms in total. The number of fused-ring (bicyclic) bond motifs is 2. The lowest BCUT2D eigenvalue weighted by Crippen LogP contribution is -2.52. The molecule has 3 fully saturated rings. The Hall–Kier alpha value is -7.84. The van der Waals surface area contributed by atoms with Crippen molar-refractivity contribution in [2.75, 3.05) is 36.8 Å². The fraction of sp³-hybridized carbons (Fsp3) is 0.444. The smallest absolute Gasteiger partial charge is 0.312 e. The van der Waals surface area contributed by atoms with Gasteiger partial charge in [0.1, 0.15) is 17.8 Å². The number of nitrogens with one attached hydrogen (secondary N) is 7. The van der Waals surface area contributed by atoms with Gasteiger partial charge in [-0.25, -0.2) is 4.79 Å². The molecular formula is C63H78N10O9S. The number of anilines is 2. The quantitative estimate of drug-likeness (QED) is 0.0149. The average Bonchev–Trinajstić information content (AvgIpc) is 1.56. The molecule has 4 aliphatic rings. The number of hydrogen-bond acceptors (Lipinski definition) is 11. The first-order valence-electron chi connectivity index (χ1n) is 29.3. The highest BCUT2D eigenvalue weighted by Gasteiger charge is 2.67. The van der Waals surface area contributed by atoms with Gasteiger partial charge in [0.25, 0.3) is 11.8 Å². The summed E-state index contributed by atoms with van der Waals surface area (Å²) in [6.07, 6.45) is 14.0. The van der Waals surface area contributed by atoms with Crippen molar-refractivity contribution in [3.8, 4) is 11.8 Å². The van der Waals surface area contributed by atoms with Gasteiger partial charge in [-0.15, -0.1) is 11.8 Å². The second-order valence-electron chi connectivity index (χ2n) is 22.7. The van der Waals surface area contributed by atoms with Crippen LogP contribution in [0.2, 0.25) is 0 Å². The Balaban J connectivity index is 0.741. The molecule has 0 bridgehead atoms. The fourth-order valence-corrected chi connectivity index (χ4v) is 14.2. The summed E-state index contributed by atoms with van der Waals surface area (Å²) < 4.78 is 1.42. The van der Waals surface area contributed by atoms with Gasteiger partial charge in [-0.2, -0.15) is 0 Å². The topological polar surface area (TPSA) is 282 Å². The molecule has 2 aromatic heterocycles. The van der Waals surface area contributed by atoms with Crippen LogP contribution in [0.5, 0.6) is 11.8 Å². The lowest BCUT2D eigenvalue weighted by Gasteiger charge is -2.40. The van der Waals surface area contributed by atoms with Crippen LogP contribution in [0.4, 0.5) is 16.2 Å². The predicted octanol–water partition coefficient (Wildman–Crippen LogP) is 9.14. The standard InChI is InChI=1S/C63H78N10O9S/c1-5-62(6-2,41-16-10-8-7-9-11-17-41)83-51-35-54(76)72(60(51)81)31-15-21-53(75)65-29-30-66-55(38(3)4)58(79)71-48(20-14-28-67-61(64)82)57(78)68-43-24-22-39(23-25-43)56(77)69-44-26-27-47-40(32-44)33-49(70-47)59(80)73-37-42-36-63(42)46-19-13-12-18-45(46)50(74)34-52(63)73/h12-13,18-19,22-27,32-35,41-42,48,55,66,70,76,81H,3,5-11,14-17,20-21,28-31,36-37H2,1-2,4H3,(H,65,75)(H,68,78)(H,69,77)(H,71,79)(H3,64,67,82). The number of aromatic nitrogens is 2. The van der Waals surface area contributed by atoms with Crippen molar-refractivity contribution < 1.29 is 43.8 Å². The van der Waals surface area contributed by atoms with Gasteiger partial charge < -0.3 is 57.7 Å². The summed E-state index contributed by atoms with van der Waals surface area (Å²) in [5.41, 5.74) is 10.1. The number of nitrogens with zero attached hydrogens (tertiary/aromatic N) is 2. The molecule has 9 rings (SSSR count). The van der Waals surface area contributed by atoms with E-state index in [0.717, 1.165) is 30.5 Å². The minimum absolute atomic E-state index is 0.0195. The van der Waals surface area contributed by atoms with E-state index in [2.05, 4.69) is 57.3 Å². The highest BCUT2D eigenvalue weighted by molar-refractivity contribution is 8.00. The van der Waals surface area contributed by atoms with E-state index in [0.29, 0.717) is 74.9 Å². The number of carbonyl (C=O) groups excluding carboxylic acids is 7. The number of H-pyrrole nitrogens is 1. The number of amides is 7. The molecule has 1 aliphatic heterocycles. The van der Waals surface area contributed by atoms with Crippen molar-refractivity contribution in [2.45, 2.75) is 144 Å². The molecule has 7 amide bonds. The zero-order valence-corrected chi connectivity index (χ0v) is 48.5. The number of ketones is 1. The van der Waals surface area contributed by atoms with Crippen LogP contribution < -0.4 is 37.6 Å². The number of hydrogen-bond donors (Lipinski definition) is 10. The summed E-state index contributed by atoms with van der Waals surface area (Å²) in [5.74, 6) is -1.30. The summed E-state index contributed by atoms with van der Waals surface area (Å²) in [6.45, 7) is 11.4. The van der Waals surface area contributed by atoms with Crippen molar-refractivity contribution in [1.29, 1.82) is 0 Å². The number of rotatable bonds is 25. The SMILES string of the molecule is C=C(C)C(NCCNC(=O)CCCn1c(O)cc(SC(CC)(CC)C2CCCCCCC2)c1O)C(=O)NC(CCCNC(N)=O)C(=O)Nc1ccc(C(=O)Nc2ccc3[nH]c(C(=O)N4CC5CC56C4=CC(=O)c4ccccc46)cc3c2)cc1. The molecule has 3 aromatic carbocycles. The molecule has 11 N–H and O–H groups in total. The number of thioether (sulfide) groups is 1. The van der Waals surface area contributed by atoms with Gasteiger partial charge in [-0.1, -0.05) is 82.4 Å². The van der Waals surface area contributed by atoms with Crippen LogP contribution in [0.25, 0.3) is 10.9 Å². The van der Waals surface area contributed by atoms with E-state index < -0.39 is 35.8 Å². The van der Waals surface area contributed by atoms with E-state index in [1.54, 1.807) is 84.3 Å². The minimum atomic E-state index is -1.06. The second-order valence-corrected chi connectivity index (χ2v) is 24.1. The average molecular weight is 1150 g/mol. The molecule has 1 spiro atoms. The lowest BCUT2D eigenvalue weighted by molar-refractivity contribution is -0.127. The van der Waals surface area contributed by atoms with Gasteiger partial charge in [0.2, 0.25) is 23.6 Å². The fourth-order valence-electron chi connectivity index (χ4n) is 12.7. The third kappa shape index (κ3) is 13.3. The molecule has 83 heavy (non-hydrogen) atoms. The highest BCUT2D eigenvalue weighted by Crippen LogP contribution is 2.66. The Labute approximate surface area is 488 Å². The van der Waals surface area contributed by atoms with Crippen LogP contribution in [-0.4, -0.2) is 109 Å². The van der Waals surface area contributed by atoms with Crippen molar-refractivity contribution in [1.82, 2.24) is 35.7 Å². The normalized spacial score (nSPS) is 18.3.